The van der Waals surface area contributed by atoms with Crippen LogP contribution < -0.4 is 5.32 Å². The molecule has 1 saturated heterocycles. The van der Waals surface area contributed by atoms with Crippen LogP contribution in [0, 0.1) is 11.7 Å². The van der Waals surface area contributed by atoms with Crippen LogP contribution in [0.2, 0.25) is 0 Å². The number of hydrogen-bond acceptors (Lipinski definition) is 3. The van der Waals surface area contributed by atoms with Crippen LogP contribution in [0.15, 0.2) is 24.3 Å². The van der Waals surface area contributed by atoms with Crippen molar-refractivity contribution in [2.45, 2.75) is 63.8 Å². The fourth-order valence-corrected chi connectivity index (χ4v) is 4.73. The molecule has 1 aliphatic carbocycles. The van der Waals surface area contributed by atoms with Gasteiger partial charge in [0.15, 0.2) is 0 Å². The van der Waals surface area contributed by atoms with Crippen LogP contribution in [0.1, 0.15) is 68.1 Å². The molecule has 5 nitrogen and oxygen atoms in total. The summed E-state index contributed by atoms with van der Waals surface area (Å²) in [5.74, 6) is -0.121. The van der Waals surface area contributed by atoms with Crippen LogP contribution in [0.4, 0.5) is 4.39 Å². The summed E-state index contributed by atoms with van der Waals surface area (Å²) in [5, 5.41) is 3.06. The van der Waals surface area contributed by atoms with E-state index in [1.165, 1.54) is 38.2 Å². The Labute approximate surface area is 180 Å². The molecule has 2 fully saturated rings. The number of halogens is 1. The van der Waals surface area contributed by atoms with Crippen molar-refractivity contribution in [3.63, 3.8) is 0 Å². The van der Waals surface area contributed by atoms with E-state index in [1.54, 1.807) is 23.1 Å². The standard InChI is InChI=1S/C24H36FN3O2/c1-27(20-7-3-2-4-8-20)18-15-26-23(29)12-11-19-13-16-28(17-14-19)24(30)21-9-5-6-10-22(21)25/h5-6,9-10,19-20H,2-4,7-8,11-18H2,1H3,(H,26,29). The van der Waals surface area contributed by atoms with Gasteiger partial charge in [0.25, 0.3) is 5.91 Å². The number of rotatable bonds is 8. The first-order valence-corrected chi connectivity index (χ1v) is 11.6. The molecule has 6 heteroatoms. The zero-order chi connectivity index (χ0) is 21.3. The Hall–Kier alpha value is -1.95. The molecular formula is C24H36FN3O2. The Balaban J connectivity index is 1.30. The van der Waals surface area contributed by atoms with Gasteiger partial charge in [0.05, 0.1) is 5.56 Å². The van der Waals surface area contributed by atoms with E-state index >= 15 is 0 Å². The molecule has 2 amide bonds. The summed E-state index contributed by atoms with van der Waals surface area (Å²) in [6.45, 7) is 2.88. The lowest BCUT2D eigenvalue weighted by atomic mass is 9.91. The molecule has 1 N–H and O–H groups in total. The topological polar surface area (TPSA) is 52.7 Å². The van der Waals surface area contributed by atoms with E-state index in [9.17, 15) is 14.0 Å². The molecule has 2 aliphatic rings. The monoisotopic (exact) mass is 417 g/mol. The number of benzene rings is 1. The van der Waals surface area contributed by atoms with Gasteiger partial charge in [-0.2, -0.15) is 0 Å². The van der Waals surface area contributed by atoms with Crippen molar-refractivity contribution < 1.29 is 14.0 Å². The predicted molar refractivity (Wildman–Crippen MR) is 117 cm³/mol. The Morgan fingerprint density at radius 1 is 1.10 bits per heavy atom. The van der Waals surface area contributed by atoms with Gasteiger partial charge in [-0.1, -0.05) is 31.4 Å². The second-order valence-electron chi connectivity index (χ2n) is 8.88. The third-order valence-electron chi connectivity index (χ3n) is 6.77. The maximum Gasteiger partial charge on any atom is 0.256 e. The van der Waals surface area contributed by atoms with Crippen LogP contribution in [0.5, 0.6) is 0 Å². The maximum absolute atomic E-state index is 13.8. The predicted octanol–water partition coefficient (Wildman–Crippen LogP) is 3.84. The smallest absolute Gasteiger partial charge is 0.256 e. The number of likely N-dealkylation sites (N-methyl/N-ethyl adjacent to an activating group) is 1. The van der Waals surface area contributed by atoms with Crippen molar-refractivity contribution in [2.75, 3.05) is 33.2 Å². The highest BCUT2D eigenvalue weighted by Crippen LogP contribution is 2.24. The minimum atomic E-state index is -0.463. The molecule has 1 saturated carbocycles. The molecule has 166 valence electrons. The Kier molecular flexibility index (Phi) is 8.67. The SMILES string of the molecule is CN(CCNC(=O)CCC1CCN(C(=O)c2ccccc2F)CC1)C1CCCCC1. The molecule has 0 spiro atoms. The highest BCUT2D eigenvalue weighted by atomic mass is 19.1. The van der Waals surface area contributed by atoms with Gasteiger partial charge in [-0.25, -0.2) is 4.39 Å². The van der Waals surface area contributed by atoms with E-state index in [4.69, 9.17) is 0 Å². The van der Waals surface area contributed by atoms with Gasteiger partial charge in [0.1, 0.15) is 5.82 Å². The fourth-order valence-electron chi connectivity index (χ4n) is 4.73. The maximum atomic E-state index is 13.8. The molecule has 0 radical (unpaired) electrons. The molecular weight excluding hydrogens is 381 g/mol. The number of nitrogens with one attached hydrogen (secondary N) is 1. The third-order valence-corrected chi connectivity index (χ3v) is 6.77. The van der Waals surface area contributed by atoms with E-state index in [0.29, 0.717) is 38.0 Å². The number of likely N-dealkylation sites (tertiary alicyclic amines) is 1. The average Bonchev–Trinajstić information content (AvgIpc) is 2.78. The summed E-state index contributed by atoms with van der Waals surface area (Å²) in [5.41, 5.74) is 0.147. The summed E-state index contributed by atoms with van der Waals surface area (Å²) < 4.78 is 13.8. The van der Waals surface area contributed by atoms with E-state index in [1.807, 2.05) is 0 Å². The summed E-state index contributed by atoms with van der Waals surface area (Å²) >= 11 is 0. The molecule has 0 aromatic heterocycles. The van der Waals surface area contributed by atoms with Crippen LogP contribution >= 0.6 is 0 Å². The normalized spacial score (nSPS) is 18.6. The van der Waals surface area contributed by atoms with Gasteiger partial charge in [-0.05, 0) is 57.2 Å². The van der Waals surface area contributed by atoms with Gasteiger partial charge in [-0.15, -0.1) is 0 Å². The first-order chi connectivity index (χ1) is 14.5. The number of hydrogen-bond donors (Lipinski definition) is 1. The van der Waals surface area contributed by atoms with Gasteiger partial charge in [0.2, 0.25) is 5.91 Å². The molecule has 30 heavy (non-hydrogen) atoms. The highest BCUT2D eigenvalue weighted by molar-refractivity contribution is 5.94. The van der Waals surface area contributed by atoms with E-state index in [0.717, 1.165) is 25.8 Å². The average molecular weight is 418 g/mol. The Morgan fingerprint density at radius 2 is 1.80 bits per heavy atom. The van der Waals surface area contributed by atoms with Crippen LogP contribution in [0.3, 0.4) is 0 Å². The van der Waals surface area contributed by atoms with E-state index in [-0.39, 0.29) is 17.4 Å². The first kappa shape index (κ1) is 22.7. The van der Waals surface area contributed by atoms with Gasteiger partial charge < -0.3 is 15.1 Å². The lowest BCUT2D eigenvalue weighted by Gasteiger charge is -2.32. The second-order valence-corrected chi connectivity index (χ2v) is 8.88. The number of piperidine rings is 1. The summed E-state index contributed by atoms with van der Waals surface area (Å²) in [4.78, 5) is 28.8. The van der Waals surface area contributed by atoms with Crippen molar-refractivity contribution in [3.8, 4) is 0 Å². The Bertz CT molecular complexity index is 697. The van der Waals surface area contributed by atoms with Crippen LogP contribution in [-0.2, 0) is 4.79 Å². The fraction of sp³-hybridized carbons (Fsp3) is 0.667. The van der Waals surface area contributed by atoms with Crippen molar-refractivity contribution in [2.24, 2.45) is 5.92 Å². The zero-order valence-corrected chi connectivity index (χ0v) is 18.2. The number of amides is 2. The summed E-state index contributed by atoms with van der Waals surface area (Å²) in [6, 6.07) is 6.82. The highest BCUT2D eigenvalue weighted by Gasteiger charge is 2.25. The molecule has 3 rings (SSSR count). The molecule has 1 aromatic rings. The third kappa shape index (κ3) is 6.53. The molecule has 1 heterocycles. The molecule has 0 unspecified atom stereocenters. The molecule has 0 atom stereocenters. The quantitative estimate of drug-likeness (QED) is 0.699. The minimum absolute atomic E-state index is 0.122. The van der Waals surface area contributed by atoms with Crippen molar-refractivity contribution >= 4 is 11.8 Å². The van der Waals surface area contributed by atoms with E-state index in [2.05, 4.69) is 17.3 Å². The number of carbonyl (C=O) groups is 2. The number of nitrogens with zero attached hydrogens (tertiary/aromatic N) is 2. The lowest BCUT2D eigenvalue weighted by molar-refractivity contribution is -0.121. The van der Waals surface area contributed by atoms with E-state index < -0.39 is 5.82 Å². The van der Waals surface area contributed by atoms with Crippen molar-refractivity contribution in [3.05, 3.63) is 35.6 Å². The van der Waals surface area contributed by atoms with Crippen LogP contribution in [-0.4, -0.2) is 60.9 Å². The molecule has 1 aromatic carbocycles. The minimum Gasteiger partial charge on any atom is -0.355 e. The van der Waals surface area contributed by atoms with Crippen molar-refractivity contribution in [1.82, 2.24) is 15.1 Å². The Morgan fingerprint density at radius 3 is 2.50 bits per heavy atom. The zero-order valence-electron chi connectivity index (χ0n) is 18.2. The van der Waals surface area contributed by atoms with Crippen molar-refractivity contribution in [1.29, 1.82) is 0 Å². The largest absolute Gasteiger partial charge is 0.355 e. The lowest BCUT2D eigenvalue weighted by Crippen LogP contribution is -2.40. The van der Waals surface area contributed by atoms with Crippen LogP contribution in [0.25, 0.3) is 0 Å². The number of carbonyl (C=O) groups excluding carboxylic acids is 2. The van der Waals surface area contributed by atoms with Gasteiger partial charge in [0, 0.05) is 38.6 Å². The molecule has 0 bridgehead atoms. The van der Waals surface area contributed by atoms with Gasteiger partial charge >= 0.3 is 0 Å². The summed E-state index contributed by atoms with van der Waals surface area (Å²) in [7, 11) is 2.17. The summed E-state index contributed by atoms with van der Waals surface area (Å²) in [6.07, 6.45) is 9.71. The molecule has 1 aliphatic heterocycles. The van der Waals surface area contributed by atoms with Gasteiger partial charge in [-0.3, -0.25) is 9.59 Å². The second kappa shape index (κ2) is 11.4. The first-order valence-electron chi connectivity index (χ1n) is 11.6.